The smallest absolute Gasteiger partial charge is 0.244 e. The third-order valence-electron chi connectivity index (χ3n) is 3.30. The van der Waals surface area contributed by atoms with Gasteiger partial charge in [-0.2, -0.15) is 0 Å². The van der Waals surface area contributed by atoms with Gasteiger partial charge < -0.3 is 10.2 Å². The molecule has 0 spiro atoms. The normalized spacial score (nSPS) is 13.9. The molecule has 4 nitrogen and oxygen atoms in total. The molecule has 104 valence electrons. The van der Waals surface area contributed by atoms with E-state index in [0.717, 1.165) is 24.1 Å². The molecular formula is C16H18N2O2. The lowest BCUT2D eigenvalue weighted by Crippen LogP contribution is -2.35. The summed E-state index contributed by atoms with van der Waals surface area (Å²) in [5.41, 5.74) is 1.76. The number of anilines is 1. The third-order valence-corrected chi connectivity index (χ3v) is 3.30. The minimum atomic E-state index is -0.146. The van der Waals surface area contributed by atoms with Crippen molar-refractivity contribution in [1.29, 1.82) is 0 Å². The Morgan fingerprint density at radius 2 is 2.10 bits per heavy atom. The molecular weight excluding hydrogens is 252 g/mol. The summed E-state index contributed by atoms with van der Waals surface area (Å²) < 4.78 is 0. The van der Waals surface area contributed by atoms with Crippen LogP contribution in [0.4, 0.5) is 5.69 Å². The van der Waals surface area contributed by atoms with Crippen LogP contribution in [0.1, 0.15) is 31.2 Å². The van der Waals surface area contributed by atoms with Crippen molar-refractivity contribution in [1.82, 2.24) is 4.90 Å². The molecule has 4 heteroatoms. The minimum Gasteiger partial charge on any atom is -0.329 e. The summed E-state index contributed by atoms with van der Waals surface area (Å²) in [5.74, 6) is 2.42. The summed E-state index contributed by atoms with van der Waals surface area (Å²) in [4.78, 5) is 25.6. The monoisotopic (exact) mass is 270 g/mol. The van der Waals surface area contributed by atoms with Crippen LogP contribution in [-0.4, -0.2) is 23.3 Å². The molecule has 1 aliphatic heterocycles. The number of carbonyl (C=O) groups excluding carboxylic acids is 2. The number of benzene rings is 1. The second-order valence-corrected chi connectivity index (χ2v) is 4.87. The first-order valence-corrected chi connectivity index (χ1v) is 6.79. The molecule has 0 unspecified atom stereocenters. The Kier molecular flexibility index (Phi) is 4.78. The SMILES string of the molecule is C#CCCCCC(=O)N1CC(=O)Nc2ccccc2C1. The number of nitrogens with one attached hydrogen (secondary N) is 1. The van der Waals surface area contributed by atoms with Crippen LogP contribution in [0, 0.1) is 12.3 Å². The van der Waals surface area contributed by atoms with Gasteiger partial charge in [0.2, 0.25) is 11.8 Å². The topological polar surface area (TPSA) is 49.4 Å². The Hall–Kier alpha value is -2.28. The van der Waals surface area contributed by atoms with E-state index in [9.17, 15) is 9.59 Å². The molecule has 2 amide bonds. The molecule has 0 saturated carbocycles. The van der Waals surface area contributed by atoms with E-state index >= 15 is 0 Å². The standard InChI is InChI=1S/C16H18N2O2/c1-2-3-4-5-10-16(20)18-11-13-8-6-7-9-14(13)17-15(19)12-18/h1,6-9H,3-5,10-12H2,(H,17,19). The number of carbonyl (C=O) groups is 2. The Bertz CT molecular complexity index is 546. The molecule has 0 saturated heterocycles. The van der Waals surface area contributed by atoms with Gasteiger partial charge in [0.25, 0.3) is 0 Å². The largest absolute Gasteiger partial charge is 0.329 e. The first kappa shape index (κ1) is 14.1. The van der Waals surface area contributed by atoms with Crippen LogP contribution in [0.3, 0.4) is 0 Å². The van der Waals surface area contributed by atoms with E-state index in [-0.39, 0.29) is 18.4 Å². The van der Waals surface area contributed by atoms with Crippen LogP contribution in [0.2, 0.25) is 0 Å². The van der Waals surface area contributed by atoms with Crippen LogP contribution >= 0.6 is 0 Å². The van der Waals surface area contributed by atoms with Crippen molar-refractivity contribution in [2.45, 2.75) is 32.2 Å². The number of fused-ring (bicyclic) bond motifs is 1. The quantitative estimate of drug-likeness (QED) is 0.673. The lowest BCUT2D eigenvalue weighted by molar-refractivity contribution is -0.135. The number of amides is 2. The molecule has 0 radical (unpaired) electrons. The lowest BCUT2D eigenvalue weighted by atomic mass is 10.1. The van der Waals surface area contributed by atoms with Crippen molar-refractivity contribution in [3.05, 3.63) is 29.8 Å². The zero-order valence-electron chi connectivity index (χ0n) is 11.4. The Morgan fingerprint density at radius 3 is 2.90 bits per heavy atom. The Labute approximate surface area is 119 Å². The molecule has 1 aliphatic rings. The molecule has 20 heavy (non-hydrogen) atoms. The lowest BCUT2D eigenvalue weighted by Gasteiger charge is -2.19. The summed E-state index contributed by atoms with van der Waals surface area (Å²) >= 11 is 0. The maximum atomic E-state index is 12.2. The number of hydrogen-bond acceptors (Lipinski definition) is 2. The average molecular weight is 270 g/mol. The molecule has 0 fully saturated rings. The molecule has 2 rings (SSSR count). The predicted octanol–water partition coefficient (Wildman–Crippen LogP) is 2.16. The van der Waals surface area contributed by atoms with Crippen molar-refractivity contribution < 1.29 is 9.59 Å². The van der Waals surface area contributed by atoms with E-state index in [2.05, 4.69) is 11.2 Å². The molecule has 1 heterocycles. The highest BCUT2D eigenvalue weighted by Crippen LogP contribution is 2.20. The predicted molar refractivity (Wildman–Crippen MR) is 77.8 cm³/mol. The molecule has 1 aromatic carbocycles. The van der Waals surface area contributed by atoms with Crippen molar-refractivity contribution in [2.24, 2.45) is 0 Å². The van der Waals surface area contributed by atoms with Crippen molar-refractivity contribution >= 4 is 17.5 Å². The second kappa shape index (κ2) is 6.76. The average Bonchev–Trinajstić information content (AvgIpc) is 2.61. The van der Waals surface area contributed by atoms with E-state index in [1.807, 2.05) is 24.3 Å². The first-order valence-electron chi connectivity index (χ1n) is 6.79. The summed E-state index contributed by atoms with van der Waals surface area (Å²) in [6, 6.07) is 7.57. The molecule has 1 aromatic rings. The van der Waals surface area contributed by atoms with E-state index in [1.54, 1.807) is 4.90 Å². The third kappa shape index (κ3) is 3.61. The van der Waals surface area contributed by atoms with Gasteiger partial charge in [-0.25, -0.2) is 0 Å². The van der Waals surface area contributed by atoms with Gasteiger partial charge in [0, 0.05) is 25.1 Å². The maximum Gasteiger partial charge on any atom is 0.244 e. The fraction of sp³-hybridized carbons (Fsp3) is 0.375. The number of rotatable bonds is 4. The summed E-state index contributed by atoms with van der Waals surface area (Å²) in [7, 11) is 0. The van der Waals surface area contributed by atoms with Gasteiger partial charge in [0.15, 0.2) is 0 Å². The Morgan fingerprint density at radius 1 is 1.30 bits per heavy atom. The zero-order chi connectivity index (χ0) is 14.4. The molecule has 0 bridgehead atoms. The van der Waals surface area contributed by atoms with Crippen molar-refractivity contribution in [3.8, 4) is 12.3 Å². The summed E-state index contributed by atoms with van der Waals surface area (Å²) in [5, 5.41) is 2.82. The first-order chi connectivity index (χ1) is 9.70. The van der Waals surface area contributed by atoms with Crippen LogP contribution in [-0.2, 0) is 16.1 Å². The highest BCUT2D eigenvalue weighted by molar-refractivity contribution is 5.96. The summed E-state index contributed by atoms with van der Waals surface area (Å²) in [6.45, 7) is 0.589. The van der Waals surface area contributed by atoms with E-state index < -0.39 is 0 Å². The van der Waals surface area contributed by atoms with Crippen LogP contribution in [0.25, 0.3) is 0 Å². The number of hydrogen-bond donors (Lipinski definition) is 1. The van der Waals surface area contributed by atoms with Gasteiger partial charge in [-0.1, -0.05) is 18.2 Å². The van der Waals surface area contributed by atoms with E-state index in [0.29, 0.717) is 19.4 Å². The zero-order valence-corrected chi connectivity index (χ0v) is 11.4. The van der Waals surface area contributed by atoms with Gasteiger partial charge in [-0.3, -0.25) is 9.59 Å². The van der Waals surface area contributed by atoms with E-state index in [4.69, 9.17) is 6.42 Å². The molecule has 0 atom stereocenters. The van der Waals surface area contributed by atoms with Gasteiger partial charge in [0.1, 0.15) is 6.54 Å². The van der Waals surface area contributed by atoms with Gasteiger partial charge in [0.05, 0.1) is 0 Å². The van der Waals surface area contributed by atoms with Crippen LogP contribution in [0.5, 0.6) is 0 Å². The van der Waals surface area contributed by atoms with Crippen LogP contribution < -0.4 is 5.32 Å². The number of nitrogens with zero attached hydrogens (tertiary/aromatic N) is 1. The molecule has 1 N–H and O–H groups in total. The fourth-order valence-corrected chi connectivity index (χ4v) is 2.24. The molecule has 0 aliphatic carbocycles. The minimum absolute atomic E-state index is 0.00822. The maximum absolute atomic E-state index is 12.2. The number of para-hydroxylation sites is 1. The van der Waals surface area contributed by atoms with Gasteiger partial charge in [-0.05, 0) is 24.5 Å². The second-order valence-electron chi connectivity index (χ2n) is 4.87. The van der Waals surface area contributed by atoms with Gasteiger partial charge in [-0.15, -0.1) is 12.3 Å². The van der Waals surface area contributed by atoms with Crippen molar-refractivity contribution in [3.63, 3.8) is 0 Å². The fourth-order valence-electron chi connectivity index (χ4n) is 2.24. The van der Waals surface area contributed by atoms with E-state index in [1.165, 1.54) is 0 Å². The van der Waals surface area contributed by atoms with Crippen molar-refractivity contribution in [2.75, 3.05) is 11.9 Å². The Balaban J connectivity index is 2.00. The number of terminal acetylenes is 1. The molecule has 0 aromatic heterocycles. The highest BCUT2D eigenvalue weighted by Gasteiger charge is 2.22. The number of unbranched alkanes of at least 4 members (excludes halogenated alkanes) is 2. The highest BCUT2D eigenvalue weighted by atomic mass is 16.2. The summed E-state index contributed by atoms with van der Waals surface area (Å²) in [6.07, 6.45) is 7.93. The van der Waals surface area contributed by atoms with Crippen LogP contribution in [0.15, 0.2) is 24.3 Å². The van der Waals surface area contributed by atoms with Gasteiger partial charge >= 0.3 is 0 Å².